The molecule has 1 aliphatic heterocycles. The number of benzene rings is 1. The lowest BCUT2D eigenvalue weighted by Crippen LogP contribution is -2.36. The van der Waals surface area contributed by atoms with E-state index in [0.29, 0.717) is 18.5 Å². The second kappa shape index (κ2) is 7.95. The first-order chi connectivity index (χ1) is 12.2. The summed E-state index contributed by atoms with van der Waals surface area (Å²) < 4.78 is 7.78. The Morgan fingerprint density at radius 3 is 2.88 bits per heavy atom. The Labute approximate surface area is 147 Å². The van der Waals surface area contributed by atoms with Crippen molar-refractivity contribution in [2.75, 3.05) is 13.2 Å². The van der Waals surface area contributed by atoms with Crippen molar-refractivity contribution >= 4 is 5.91 Å². The zero-order chi connectivity index (χ0) is 17.6. The third-order valence-corrected chi connectivity index (χ3v) is 4.60. The van der Waals surface area contributed by atoms with Gasteiger partial charge in [0.15, 0.2) is 0 Å². The average molecular weight is 338 g/mol. The summed E-state index contributed by atoms with van der Waals surface area (Å²) in [6, 6.07) is 11.2. The molecule has 1 aliphatic rings. The molecular weight excluding hydrogens is 316 g/mol. The van der Waals surface area contributed by atoms with Crippen LogP contribution in [-0.2, 0) is 23.0 Å². The lowest BCUT2D eigenvalue weighted by Gasteiger charge is -2.32. The van der Waals surface area contributed by atoms with Crippen LogP contribution in [0.5, 0.6) is 0 Å². The minimum Gasteiger partial charge on any atom is -0.372 e. The molecule has 2 atom stereocenters. The third-order valence-electron chi connectivity index (χ3n) is 4.60. The normalized spacial score (nSPS) is 20.0. The van der Waals surface area contributed by atoms with Gasteiger partial charge in [-0.1, -0.05) is 12.1 Å². The first kappa shape index (κ1) is 17.2. The van der Waals surface area contributed by atoms with E-state index in [-0.39, 0.29) is 17.9 Å². The number of aryl methyl sites for hydroxylation is 1. The molecule has 0 saturated carbocycles. The molecule has 1 saturated heterocycles. The fraction of sp³-hybridized carbons (Fsp3) is 0.421. The maximum Gasteiger partial charge on any atom is 0.224 e. The summed E-state index contributed by atoms with van der Waals surface area (Å²) in [6.07, 6.45) is 4.08. The number of hydrogen-bond acceptors (Lipinski definition) is 4. The third kappa shape index (κ3) is 4.25. The Hall–Kier alpha value is -2.65. The number of rotatable bonds is 5. The zero-order valence-corrected chi connectivity index (χ0v) is 14.3. The Morgan fingerprint density at radius 2 is 2.20 bits per heavy atom. The molecule has 2 aromatic rings. The first-order valence-electron chi connectivity index (χ1n) is 8.52. The van der Waals surface area contributed by atoms with E-state index in [1.54, 1.807) is 18.3 Å². The van der Waals surface area contributed by atoms with Crippen LogP contribution in [0.1, 0.15) is 35.8 Å². The van der Waals surface area contributed by atoms with Crippen LogP contribution < -0.4 is 5.32 Å². The molecule has 6 nitrogen and oxygen atoms in total. The van der Waals surface area contributed by atoms with Crippen molar-refractivity contribution in [2.24, 2.45) is 13.0 Å². The van der Waals surface area contributed by atoms with Gasteiger partial charge in [0.05, 0.1) is 23.7 Å². The van der Waals surface area contributed by atoms with Crippen LogP contribution in [0, 0.1) is 17.2 Å². The number of hydrogen-bond donors (Lipinski definition) is 1. The van der Waals surface area contributed by atoms with Crippen molar-refractivity contribution in [3.63, 3.8) is 0 Å². The molecule has 130 valence electrons. The van der Waals surface area contributed by atoms with Gasteiger partial charge in [0.2, 0.25) is 5.91 Å². The summed E-state index contributed by atoms with van der Waals surface area (Å²) in [4.78, 5) is 12.2. The highest BCUT2D eigenvalue weighted by molar-refractivity contribution is 5.78. The second-order valence-electron chi connectivity index (χ2n) is 6.36. The van der Waals surface area contributed by atoms with Crippen LogP contribution in [0.3, 0.4) is 0 Å². The molecule has 0 bridgehead atoms. The van der Waals surface area contributed by atoms with Gasteiger partial charge >= 0.3 is 0 Å². The molecule has 1 amide bonds. The Bertz CT molecular complexity index is 760. The molecule has 0 radical (unpaired) electrons. The number of carbonyl (C=O) groups excluding carboxylic acids is 1. The number of nitrogens with zero attached hydrogens (tertiary/aromatic N) is 3. The Kier molecular flexibility index (Phi) is 5.46. The van der Waals surface area contributed by atoms with Crippen LogP contribution in [0.2, 0.25) is 0 Å². The number of nitriles is 1. The SMILES string of the molecule is Cn1nccc1[C@@H]1OCCC[C@H]1CNC(=O)Cc1ccc(C#N)cc1. The van der Waals surface area contributed by atoms with Gasteiger partial charge in [-0.05, 0) is 36.6 Å². The van der Waals surface area contributed by atoms with Crippen molar-refractivity contribution in [3.05, 3.63) is 53.3 Å². The highest BCUT2D eigenvalue weighted by atomic mass is 16.5. The fourth-order valence-corrected chi connectivity index (χ4v) is 3.23. The monoisotopic (exact) mass is 338 g/mol. The van der Waals surface area contributed by atoms with E-state index in [0.717, 1.165) is 30.7 Å². The highest BCUT2D eigenvalue weighted by Gasteiger charge is 2.29. The lowest BCUT2D eigenvalue weighted by molar-refractivity contribution is -0.121. The standard InChI is InChI=1S/C19H22N4O2/c1-23-17(8-9-22-23)19-16(3-2-10-25-19)13-21-18(24)11-14-4-6-15(12-20)7-5-14/h4-9,16,19H,2-3,10-11,13H2,1H3,(H,21,24)/t16-,19+/m0/s1. The van der Waals surface area contributed by atoms with E-state index in [9.17, 15) is 4.79 Å². The topological polar surface area (TPSA) is 79.9 Å². The minimum absolute atomic E-state index is 0.0148. The predicted octanol–water partition coefficient (Wildman–Crippen LogP) is 2.12. The Balaban J connectivity index is 1.56. The van der Waals surface area contributed by atoms with Crippen molar-refractivity contribution in [2.45, 2.75) is 25.4 Å². The number of aromatic nitrogens is 2. The van der Waals surface area contributed by atoms with Crippen molar-refractivity contribution < 1.29 is 9.53 Å². The van der Waals surface area contributed by atoms with Gasteiger partial charge in [-0.3, -0.25) is 9.48 Å². The average Bonchev–Trinajstić information content (AvgIpc) is 3.06. The van der Waals surface area contributed by atoms with E-state index in [1.165, 1.54) is 0 Å². The predicted molar refractivity (Wildman–Crippen MR) is 92.5 cm³/mol. The quantitative estimate of drug-likeness (QED) is 0.905. The summed E-state index contributed by atoms with van der Waals surface area (Å²) in [7, 11) is 1.91. The number of carbonyl (C=O) groups is 1. The summed E-state index contributed by atoms with van der Waals surface area (Å²) >= 11 is 0. The molecular formula is C19H22N4O2. The number of nitrogens with one attached hydrogen (secondary N) is 1. The van der Waals surface area contributed by atoms with Gasteiger partial charge in [-0.15, -0.1) is 0 Å². The van der Waals surface area contributed by atoms with Crippen LogP contribution in [0.15, 0.2) is 36.5 Å². The van der Waals surface area contributed by atoms with Gasteiger partial charge in [0.25, 0.3) is 0 Å². The van der Waals surface area contributed by atoms with Crippen LogP contribution in [-0.4, -0.2) is 28.8 Å². The van der Waals surface area contributed by atoms with E-state index in [2.05, 4.69) is 16.5 Å². The van der Waals surface area contributed by atoms with E-state index < -0.39 is 0 Å². The fourth-order valence-electron chi connectivity index (χ4n) is 3.23. The van der Waals surface area contributed by atoms with Crippen molar-refractivity contribution in [1.82, 2.24) is 15.1 Å². The molecule has 1 aromatic carbocycles. The molecule has 1 N–H and O–H groups in total. The molecule has 6 heteroatoms. The van der Waals surface area contributed by atoms with Crippen molar-refractivity contribution in [1.29, 1.82) is 5.26 Å². The summed E-state index contributed by atoms with van der Waals surface area (Å²) in [5.74, 6) is 0.230. The van der Waals surface area contributed by atoms with Gasteiger partial charge in [0.1, 0.15) is 6.10 Å². The molecule has 2 heterocycles. The summed E-state index contributed by atoms with van der Waals surface area (Å²) in [5.41, 5.74) is 2.55. The molecule has 0 spiro atoms. The summed E-state index contributed by atoms with van der Waals surface area (Å²) in [5, 5.41) is 16.1. The van der Waals surface area contributed by atoms with Gasteiger partial charge in [-0.2, -0.15) is 10.4 Å². The summed E-state index contributed by atoms with van der Waals surface area (Å²) in [6.45, 7) is 1.33. The molecule has 0 unspecified atom stereocenters. The molecule has 1 aromatic heterocycles. The molecule has 3 rings (SSSR count). The Morgan fingerprint density at radius 1 is 1.40 bits per heavy atom. The zero-order valence-electron chi connectivity index (χ0n) is 14.3. The van der Waals surface area contributed by atoms with Gasteiger partial charge in [-0.25, -0.2) is 0 Å². The smallest absolute Gasteiger partial charge is 0.224 e. The highest BCUT2D eigenvalue weighted by Crippen LogP contribution is 2.32. The van der Waals surface area contributed by atoms with Crippen LogP contribution in [0.25, 0.3) is 0 Å². The number of ether oxygens (including phenoxy) is 1. The van der Waals surface area contributed by atoms with Gasteiger partial charge in [0, 0.05) is 32.3 Å². The largest absolute Gasteiger partial charge is 0.372 e. The maximum absolute atomic E-state index is 12.2. The lowest BCUT2D eigenvalue weighted by atomic mass is 9.92. The molecule has 1 fully saturated rings. The van der Waals surface area contributed by atoms with E-state index >= 15 is 0 Å². The minimum atomic E-state index is -0.0311. The first-order valence-corrected chi connectivity index (χ1v) is 8.52. The van der Waals surface area contributed by atoms with Crippen molar-refractivity contribution in [3.8, 4) is 6.07 Å². The van der Waals surface area contributed by atoms with E-state index in [4.69, 9.17) is 10.00 Å². The van der Waals surface area contributed by atoms with E-state index in [1.807, 2.05) is 29.9 Å². The van der Waals surface area contributed by atoms with Crippen LogP contribution >= 0.6 is 0 Å². The van der Waals surface area contributed by atoms with Crippen LogP contribution in [0.4, 0.5) is 0 Å². The van der Waals surface area contributed by atoms with Gasteiger partial charge < -0.3 is 10.1 Å². The number of amides is 1. The maximum atomic E-state index is 12.2. The second-order valence-corrected chi connectivity index (χ2v) is 6.36. The molecule has 25 heavy (non-hydrogen) atoms. The molecule has 0 aliphatic carbocycles.